The third-order valence-electron chi connectivity index (χ3n) is 2.81. The highest BCUT2D eigenvalue weighted by molar-refractivity contribution is 6.02. The third-order valence-corrected chi connectivity index (χ3v) is 2.81. The van der Waals surface area contributed by atoms with Crippen molar-refractivity contribution in [2.75, 3.05) is 11.9 Å². The second-order valence-electron chi connectivity index (χ2n) is 4.59. The molecule has 1 aromatic heterocycles. The maximum atomic E-state index is 12.0. The fourth-order valence-electron chi connectivity index (χ4n) is 1.71. The van der Waals surface area contributed by atoms with Crippen molar-refractivity contribution >= 4 is 11.6 Å². The number of aryl methyl sites for hydroxylation is 2. The molecule has 2 N–H and O–H groups in total. The molecular formula is C16H16N2O3. The minimum atomic E-state index is -0.353. The van der Waals surface area contributed by atoms with Crippen LogP contribution in [0.2, 0.25) is 0 Å². The van der Waals surface area contributed by atoms with Gasteiger partial charge in [-0.2, -0.15) is 0 Å². The number of nitrogens with zero attached hydrogens (tertiary/aromatic N) is 1. The first kappa shape index (κ1) is 14.8. The van der Waals surface area contributed by atoms with E-state index in [1.54, 1.807) is 25.1 Å². The molecule has 0 saturated carbocycles. The molecule has 0 fully saturated rings. The molecule has 1 amide bonds. The second-order valence-corrected chi connectivity index (χ2v) is 4.59. The van der Waals surface area contributed by atoms with Gasteiger partial charge in [0.05, 0.1) is 12.3 Å². The Labute approximate surface area is 123 Å². The Morgan fingerprint density at radius 1 is 1.38 bits per heavy atom. The Balaban J connectivity index is 2.16. The lowest BCUT2D eigenvalue weighted by Gasteiger charge is -2.05. The molecular weight excluding hydrogens is 268 g/mol. The zero-order chi connectivity index (χ0) is 15.2. The number of aliphatic hydroxyl groups excluding tert-OH is 1. The monoisotopic (exact) mass is 284 g/mol. The van der Waals surface area contributed by atoms with Gasteiger partial charge in [-0.05, 0) is 31.5 Å². The van der Waals surface area contributed by atoms with Crippen molar-refractivity contribution in [3.05, 3.63) is 46.8 Å². The minimum absolute atomic E-state index is 0.0350. The Morgan fingerprint density at radius 2 is 2.19 bits per heavy atom. The number of carbonyl (C=O) groups excluding carboxylic acids is 1. The Kier molecular flexibility index (Phi) is 4.75. The van der Waals surface area contributed by atoms with Gasteiger partial charge in [-0.3, -0.25) is 4.79 Å². The van der Waals surface area contributed by atoms with Crippen LogP contribution in [0, 0.1) is 25.7 Å². The predicted octanol–water partition coefficient (Wildman–Crippen LogP) is 2.28. The lowest BCUT2D eigenvalue weighted by atomic mass is 10.1. The van der Waals surface area contributed by atoms with Gasteiger partial charge in [-0.25, -0.2) is 0 Å². The smallest absolute Gasteiger partial charge is 0.294 e. The average molecular weight is 284 g/mol. The van der Waals surface area contributed by atoms with E-state index in [0.717, 1.165) is 11.1 Å². The first-order chi connectivity index (χ1) is 10.1. The summed E-state index contributed by atoms with van der Waals surface area (Å²) in [7, 11) is 0. The first-order valence-corrected chi connectivity index (χ1v) is 6.55. The molecule has 2 aromatic rings. The van der Waals surface area contributed by atoms with Gasteiger partial charge in [0.25, 0.3) is 5.91 Å². The fourth-order valence-corrected chi connectivity index (χ4v) is 1.71. The first-order valence-electron chi connectivity index (χ1n) is 6.55. The largest absolute Gasteiger partial charge is 0.395 e. The number of nitrogens with one attached hydrogen (secondary N) is 1. The number of carbonyl (C=O) groups is 1. The molecule has 0 atom stereocenters. The molecule has 0 aliphatic rings. The van der Waals surface area contributed by atoms with Crippen LogP contribution in [0.15, 0.2) is 28.8 Å². The van der Waals surface area contributed by atoms with Gasteiger partial charge >= 0.3 is 0 Å². The summed E-state index contributed by atoms with van der Waals surface area (Å²) in [6, 6.07) is 7.05. The lowest BCUT2D eigenvalue weighted by Crippen LogP contribution is -2.11. The van der Waals surface area contributed by atoms with Gasteiger partial charge in [-0.1, -0.05) is 23.1 Å². The van der Waals surface area contributed by atoms with Gasteiger partial charge < -0.3 is 14.9 Å². The van der Waals surface area contributed by atoms with E-state index in [1.807, 2.05) is 13.0 Å². The van der Waals surface area contributed by atoms with Crippen molar-refractivity contribution in [2.45, 2.75) is 20.3 Å². The number of hydrogen-bond acceptors (Lipinski definition) is 4. The highest BCUT2D eigenvalue weighted by Crippen LogP contribution is 2.16. The molecule has 0 aliphatic carbocycles. The van der Waals surface area contributed by atoms with Crippen LogP contribution < -0.4 is 5.32 Å². The highest BCUT2D eigenvalue weighted by Gasteiger charge is 2.12. The van der Waals surface area contributed by atoms with Crippen LogP contribution in [0.4, 0.5) is 5.69 Å². The normalized spacial score (nSPS) is 9.86. The molecule has 0 unspecified atom stereocenters. The van der Waals surface area contributed by atoms with Crippen LogP contribution in [0.5, 0.6) is 0 Å². The van der Waals surface area contributed by atoms with Crippen molar-refractivity contribution in [3.8, 4) is 11.8 Å². The Bertz CT molecular complexity index is 708. The molecule has 108 valence electrons. The maximum Gasteiger partial charge on any atom is 0.294 e. The topological polar surface area (TPSA) is 75.4 Å². The molecule has 5 heteroatoms. The molecule has 5 nitrogen and oxygen atoms in total. The summed E-state index contributed by atoms with van der Waals surface area (Å²) in [4.78, 5) is 12.0. The van der Waals surface area contributed by atoms with E-state index in [0.29, 0.717) is 17.8 Å². The number of amides is 1. The number of aromatic nitrogens is 1. The molecule has 0 radical (unpaired) electrons. The zero-order valence-corrected chi connectivity index (χ0v) is 11.9. The molecule has 1 heterocycles. The number of aliphatic hydroxyl groups is 1. The Morgan fingerprint density at radius 3 is 2.86 bits per heavy atom. The van der Waals surface area contributed by atoms with Crippen LogP contribution in [0.25, 0.3) is 0 Å². The van der Waals surface area contributed by atoms with Crippen LogP contribution in [0.1, 0.15) is 33.8 Å². The van der Waals surface area contributed by atoms with E-state index in [1.165, 1.54) is 0 Å². The summed E-state index contributed by atoms with van der Waals surface area (Å²) in [5, 5.41) is 15.2. The predicted molar refractivity (Wildman–Crippen MR) is 79.0 cm³/mol. The van der Waals surface area contributed by atoms with Crippen LogP contribution in [0.3, 0.4) is 0 Å². The van der Waals surface area contributed by atoms with E-state index in [2.05, 4.69) is 22.3 Å². The SMILES string of the molecule is Cc1cc(C(=O)Nc2ccc(C)c(C#CCCO)c2)on1. The standard InChI is InChI=1S/C16H16N2O3/c1-11-6-7-14(10-13(11)5-3-4-8-19)17-16(20)15-9-12(2)18-21-15/h6-7,9-10,19H,4,8H2,1-2H3,(H,17,20). The molecule has 1 aromatic carbocycles. The van der Waals surface area contributed by atoms with Gasteiger partial charge in [0.2, 0.25) is 5.76 Å². The summed E-state index contributed by atoms with van der Waals surface area (Å²) in [5.41, 5.74) is 3.11. The van der Waals surface area contributed by atoms with Crippen LogP contribution in [-0.4, -0.2) is 22.8 Å². The van der Waals surface area contributed by atoms with Gasteiger partial charge in [0.1, 0.15) is 0 Å². The van der Waals surface area contributed by atoms with Crippen molar-refractivity contribution < 1.29 is 14.4 Å². The third kappa shape index (κ3) is 3.94. The minimum Gasteiger partial charge on any atom is -0.395 e. The molecule has 2 rings (SSSR count). The van der Waals surface area contributed by atoms with Gasteiger partial charge in [-0.15, -0.1) is 0 Å². The van der Waals surface area contributed by atoms with E-state index < -0.39 is 0 Å². The number of benzene rings is 1. The number of rotatable bonds is 3. The number of anilines is 1. The van der Waals surface area contributed by atoms with E-state index in [9.17, 15) is 4.79 Å². The van der Waals surface area contributed by atoms with Gasteiger partial charge in [0, 0.05) is 23.7 Å². The summed E-state index contributed by atoms with van der Waals surface area (Å²) in [6.45, 7) is 3.72. The van der Waals surface area contributed by atoms with E-state index in [4.69, 9.17) is 9.63 Å². The van der Waals surface area contributed by atoms with Crippen LogP contribution in [-0.2, 0) is 0 Å². The zero-order valence-electron chi connectivity index (χ0n) is 11.9. The van der Waals surface area contributed by atoms with Crippen molar-refractivity contribution in [3.63, 3.8) is 0 Å². The quantitative estimate of drug-likeness (QED) is 0.848. The fraction of sp³-hybridized carbons (Fsp3) is 0.250. The molecule has 0 bridgehead atoms. The average Bonchev–Trinajstić information content (AvgIpc) is 2.89. The molecule has 21 heavy (non-hydrogen) atoms. The highest BCUT2D eigenvalue weighted by atomic mass is 16.5. The summed E-state index contributed by atoms with van der Waals surface area (Å²) in [5.74, 6) is 5.66. The lowest BCUT2D eigenvalue weighted by molar-refractivity contribution is 0.0988. The van der Waals surface area contributed by atoms with Crippen molar-refractivity contribution in [1.29, 1.82) is 0 Å². The maximum absolute atomic E-state index is 12.0. The molecule has 0 spiro atoms. The van der Waals surface area contributed by atoms with E-state index >= 15 is 0 Å². The molecule has 0 aliphatic heterocycles. The second kappa shape index (κ2) is 6.73. The van der Waals surface area contributed by atoms with Crippen molar-refractivity contribution in [2.24, 2.45) is 0 Å². The van der Waals surface area contributed by atoms with Crippen LogP contribution >= 0.6 is 0 Å². The van der Waals surface area contributed by atoms with E-state index in [-0.39, 0.29) is 18.3 Å². The summed E-state index contributed by atoms with van der Waals surface area (Å²) >= 11 is 0. The Hall–Kier alpha value is -2.58. The van der Waals surface area contributed by atoms with Gasteiger partial charge in [0.15, 0.2) is 0 Å². The van der Waals surface area contributed by atoms with Crippen molar-refractivity contribution in [1.82, 2.24) is 5.16 Å². The number of hydrogen-bond donors (Lipinski definition) is 2. The summed E-state index contributed by atoms with van der Waals surface area (Å²) < 4.78 is 4.91. The molecule has 0 saturated heterocycles. The summed E-state index contributed by atoms with van der Waals surface area (Å²) in [6.07, 6.45) is 0.424.